The molecule has 0 aliphatic carbocycles. The van der Waals surface area contributed by atoms with E-state index < -0.39 is 22.0 Å². The lowest BCUT2D eigenvalue weighted by Crippen LogP contribution is -2.45. The Balaban J connectivity index is 2.07. The summed E-state index contributed by atoms with van der Waals surface area (Å²) in [6.45, 7) is 4.09. The van der Waals surface area contributed by atoms with E-state index >= 15 is 0 Å². The Morgan fingerprint density at radius 2 is 1.70 bits per heavy atom. The van der Waals surface area contributed by atoms with Crippen LogP contribution in [0.15, 0.2) is 54.6 Å². The van der Waals surface area contributed by atoms with Gasteiger partial charge in [-0.1, -0.05) is 48.0 Å². The van der Waals surface area contributed by atoms with Crippen molar-refractivity contribution < 1.29 is 17.9 Å². The number of ether oxygens (including phenoxy) is 1. The van der Waals surface area contributed by atoms with Gasteiger partial charge in [0, 0.05) is 7.05 Å². The van der Waals surface area contributed by atoms with Crippen LogP contribution >= 0.6 is 0 Å². The molecule has 27 heavy (non-hydrogen) atoms. The van der Waals surface area contributed by atoms with Crippen molar-refractivity contribution >= 4 is 15.9 Å². The van der Waals surface area contributed by atoms with Gasteiger partial charge in [0.05, 0.1) is 12.3 Å². The molecule has 1 N–H and O–H groups in total. The van der Waals surface area contributed by atoms with Crippen molar-refractivity contribution in [3.05, 3.63) is 65.7 Å². The molecule has 0 spiro atoms. The molecule has 2 rings (SSSR count). The van der Waals surface area contributed by atoms with Crippen LogP contribution in [-0.2, 0) is 14.8 Å². The number of sulfonamides is 1. The summed E-state index contributed by atoms with van der Waals surface area (Å²) in [7, 11) is -2.15. The van der Waals surface area contributed by atoms with E-state index in [0.717, 1.165) is 21.9 Å². The standard InChI is InChI=1S/C20H26N2O4S/c1-15-10-12-18(13-11-15)26-14-16(2)21-20(23)19(22(3)27(4,24)25)17-8-6-5-7-9-17/h5-13,16,19H,14H2,1-4H3,(H,21,23)/t16-,19-/m0/s1. The number of amides is 1. The Morgan fingerprint density at radius 3 is 2.26 bits per heavy atom. The fourth-order valence-corrected chi connectivity index (χ4v) is 3.17. The highest BCUT2D eigenvalue weighted by molar-refractivity contribution is 7.88. The van der Waals surface area contributed by atoms with Crippen LogP contribution in [0, 0.1) is 6.92 Å². The molecule has 146 valence electrons. The molecule has 0 fully saturated rings. The zero-order valence-corrected chi connectivity index (χ0v) is 16.9. The molecule has 1 amide bonds. The predicted molar refractivity (Wildman–Crippen MR) is 106 cm³/mol. The van der Waals surface area contributed by atoms with Crippen LogP contribution in [0.1, 0.15) is 24.1 Å². The highest BCUT2D eigenvalue weighted by atomic mass is 32.2. The molecule has 7 heteroatoms. The van der Waals surface area contributed by atoms with Gasteiger partial charge in [0.2, 0.25) is 15.9 Å². The highest BCUT2D eigenvalue weighted by Crippen LogP contribution is 2.22. The predicted octanol–water partition coefficient (Wildman–Crippen LogP) is 2.51. The van der Waals surface area contributed by atoms with Gasteiger partial charge in [-0.25, -0.2) is 8.42 Å². The first-order chi connectivity index (χ1) is 12.7. The number of carbonyl (C=O) groups is 1. The third kappa shape index (κ3) is 6.08. The van der Waals surface area contributed by atoms with Crippen LogP contribution < -0.4 is 10.1 Å². The van der Waals surface area contributed by atoms with E-state index in [9.17, 15) is 13.2 Å². The molecular weight excluding hydrogens is 364 g/mol. The van der Waals surface area contributed by atoms with Gasteiger partial charge >= 0.3 is 0 Å². The summed E-state index contributed by atoms with van der Waals surface area (Å²) in [5.74, 6) is 0.323. The highest BCUT2D eigenvalue weighted by Gasteiger charge is 2.31. The van der Waals surface area contributed by atoms with Gasteiger partial charge in [0.25, 0.3) is 0 Å². The molecule has 0 radical (unpaired) electrons. The first-order valence-electron chi connectivity index (χ1n) is 8.66. The molecule has 0 aliphatic rings. The van der Waals surface area contributed by atoms with Crippen LogP contribution in [0.2, 0.25) is 0 Å². The molecule has 2 aromatic carbocycles. The third-order valence-corrected chi connectivity index (χ3v) is 5.42. The smallest absolute Gasteiger partial charge is 0.243 e. The Hall–Kier alpha value is -2.38. The van der Waals surface area contributed by atoms with Crippen molar-refractivity contribution in [3.63, 3.8) is 0 Å². The van der Waals surface area contributed by atoms with Crippen LogP contribution in [0.4, 0.5) is 0 Å². The molecule has 0 heterocycles. The minimum absolute atomic E-state index is 0.277. The SMILES string of the molecule is Cc1ccc(OC[C@H](C)NC(=O)[C@H](c2ccccc2)N(C)S(C)(=O)=O)cc1. The Morgan fingerprint density at radius 1 is 1.11 bits per heavy atom. The third-order valence-electron chi connectivity index (χ3n) is 4.16. The second-order valence-corrected chi connectivity index (χ2v) is 8.67. The first-order valence-corrected chi connectivity index (χ1v) is 10.5. The number of rotatable bonds is 8. The number of benzene rings is 2. The van der Waals surface area contributed by atoms with Gasteiger partial charge in [-0.15, -0.1) is 0 Å². The van der Waals surface area contributed by atoms with Gasteiger partial charge in [-0.3, -0.25) is 4.79 Å². The zero-order chi connectivity index (χ0) is 20.0. The van der Waals surface area contributed by atoms with Gasteiger partial charge in [-0.05, 0) is 31.5 Å². The molecule has 0 saturated heterocycles. The maximum absolute atomic E-state index is 12.8. The number of hydrogen-bond donors (Lipinski definition) is 1. The average molecular weight is 391 g/mol. The van der Waals surface area contributed by atoms with Crippen LogP contribution in [0.3, 0.4) is 0 Å². The first kappa shape index (κ1) is 20.9. The summed E-state index contributed by atoms with van der Waals surface area (Å²) in [6.07, 6.45) is 1.08. The van der Waals surface area contributed by atoms with Gasteiger partial charge in [-0.2, -0.15) is 4.31 Å². The summed E-state index contributed by atoms with van der Waals surface area (Å²) >= 11 is 0. The Bertz CT molecular complexity index is 851. The quantitative estimate of drug-likeness (QED) is 0.751. The lowest BCUT2D eigenvalue weighted by molar-refractivity contribution is -0.125. The van der Waals surface area contributed by atoms with Crippen molar-refractivity contribution in [1.82, 2.24) is 9.62 Å². The van der Waals surface area contributed by atoms with E-state index in [2.05, 4.69) is 5.32 Å². The molecule has 0 unspecified atom stereocenters. The van der Waals surface area contributed by atoms with Crippen LogP contribution in [-0.4, -0.2) is 44.6 Å². The van der Waals surface area contributed by atoms with Crippen molar-refractivity contribution in [2.24, 2.45) is 0 Å². The summed E-state index contributed by atoms with van der Waals surface area (Å²) < 4.78 is 30.8. The van der Waals surface area contributed by atoms with Crippen molar-refractivity contribution in [2.45, 2.75) is 25.9 Å². The van der Waals surface area contributed by atoms with Gasteiger partial charge in [0.1, 0.15) is 18.4 Å². The fourth-order valence-electron chi connectivity index (χ4n) is 2.57. The van der Waals surface area contributed by atoms with E-state index in [0.29, 0.717) is 5.56 Å². The lowest BCUT2D eigenvalue weighted by atomic mass is 10.1. The molecule has 6 nitrogen and oxygen atoms in total. The second kappa shape index (κ2) is 9.01. The fraction of sp³-hybridized carbons (Fsp3) is 0.350. The van der Waals surface area contributed by atoms with Crippen LogP contribution in [0.5, 0.6) is 5.75 Å². The molecule has 0 saturated carbocycles. The van der Waals surface area contributed by atoms with E-state index in [1.807, 2.05) is 44.2 Å². The topological polar surface area (TPSA) is 75.7 Å². The molecular formula is C20H26N2O4S. The molecule has 0 bridgehead atoms. The minimum atomic E-state index is -3.55. The molecule has 0 aromatic heterocycles. The molecule has 2 atom stereocenters. The number of likely N-dealkylation sites (N-methyl/N-ethyl adjacent to an activating group) is 1. The number of carbonyl (C=O) groups excluding carboxylic acids is 1. The van der Waals surface area contributed by atoms with E-state index in [1.165, 1.54) is 7.05 Å². The normalized spacial score (nSPS) is 13.8. The summed E-state index contributed by atoms with van der Waals surface area (Å²) in [5, 5.41) is 2.84. The number of nitrogens with zero attached hydrogens (tertiary/aromatic N) is 1. The van der Waals surface area contributed by atoms with Crippen molar-refractivity contribution in [1.29, 1.82) is 0 Å². The summed E-state index contributed by atoms with van der Waals surface area (Å²) in [6, 6.07) is 15.2. The van der Waals surface area contributed by atoms with Crippen LogP contribution in [0.25, 0.3) is 0 Å². The number of aryl methyl sites for hydroxylation is 1. The van der Waals surface area contributed by atoms with Crippen molar-refractivity contribution in [3.8, 4) is 5.75 Å². The van der Waals surface area contributed by atoms with Crippen molar-refractivity contribution in [2.75, 3.05) is 19.9 Å². The lowest BCUT2D eigenvalue weighted by Gasteiger charge is -2.27. The zero-order valence-electron chi connectivity index (χ0n) is 16.0. The van der Waals surface area contributed by atoms with Gasteiger partial charge in [0.15, 0.2) is 0 Å². The Labute approximate surface area is 161 Å². The van der Waals surface area contributed by atoms with E-state index in [4.69, 9.17) is 4.74 Å². The maximum atomic E-state index is 12.8. The Kier molecular flexibility index (Phi) is 6.98. The summed E-state index contributed by atoms with van der Waals surface area (Å²) in [5.41, 5.74) is 1.74. The van der Waals surface area contributed by atoms with E-state index in [-0.39, 0.29) is 12.6 Å². The monoisotopic (exact) mass is 390 g/mol. The second-order valence-electron chi connectivity index (χ2n) is 6.63. The number of hydrogen-bond acceptors (Lipinski definition) is 4. The maximum Gasteiger partial charge on any atom is 0.243 e. The molecule has 2 aromatic rings. The number of nitrogens with one attached hydrogen (secondary N) is 1. The minimum Gasteiger partial charge on any atom is -0.491 e. The summed E-state index contributed by atoms with van der Waals surface area (Å²) in [4.78, 5) is 12.8. The molecule has 0 aliphatic heterocycles. The largest absolute Gasteiger partial charge is 0.491 e. The van der Waals surface area contributed by atoms with Gasteiger partial charge < -0.3 is 10.1 Å². The van der Waals surface area contributed by atoms with E-state index in [1.54, 1.807) is 24.3 Å². The average Bonchev–Trinajstić information content (AvgIpc) is 2.61.